The molecule has 0 spiro atoms. The molecule has 1 aliphatic carbocycles. The lowest BCUT2D eigenvalue weighted by atomic mass is 10.1. The summed E-state index contributed by atoms with van der Waals surface area (Å²) >= 11 is 1.49. The fourth-order valence-electron chi connectivity index (χ4n) is 2.08. The van der Waals surface area contributed by atoms with Crippen molar-refractivity contribution < 1.29 is 9.59 Å². The highest BCUT2D eigenvalue weighted by molar-refractivity contribution is 7.99. The topological polar surface area (TPSA) is 89.8 Å². The van der Waals surface area contributed by atoms with Crippen LogP contribution in [0.25, 0.3) is 0 Å². The summed E-state index contributed by atoms with van der Waals surface area (Å²) in [6, 6.07) is 7.30. The monoisotopic (exact) mass is 331 g/mol. The van der Waals surface area contributed by atoms with E-state index in [1.165, 1.54) is 18.7 Å². The predicted molar refractivity (Wildman–Crippen MR) is 86.5 cm³/mol. The number of amides is 1. The third-order valence-corrected chi connectivity index (χ3v) is 4.43. The molecule has 1 saturated carbocycles. The van der Waals surface area contributed by atoms with Gasteiger partial charge in [-0.2, -0.15) is 0 Å². The van der Waals surface area contributed by atoms with Gasteiger partial charge >= 0.3 is 0 Å². The van der Waals surface area contributed by atoms with E-state index in [1.54, 1.807) is 24.3 Å². The Kier molecular flexibility index (Phi) is 4.71. The molecule has 1 aliphatic rings. The molecule has 23 heavy (non-hydrogen) atoms. The second-order valence-corrected chi connectivity index (χ2v) is 6.48. The van der Waals surface area contributed by atoms with Gasteiger partial charge in [-0.1, -0.05) is 11.8 Å². The first-order chi connectivity index (χ1) is 11.1. The minimum Gasteiger partial charge on any atom is -0.326 e. The van der Waals surface area contributed by atoms with E-state index >= 15 is 0 Å². The molecule has 0 atom stereocenters. The van der Waals surface area contributed by atoms with Gasteiger partial charge in [0, 0.05) is 23.4 Å². The number of aromatic nitrogens is 4. The SMILES string of the molecule is CC(=O)c1ccc(NC(=O)CCSc2nnnn2C2CC2)cc1. The highest BCUT2D eigenvalue weighted by atomic mass is 32.2. The van der Waals surface area contributed by atoms with Crippen LogP contribution in [0.15, 0.2) is 29.4 Å². The first-order valence-electron chi connectivity index (χ1n) is 7.45. The van der Waals surface area contributed by atoms with Crippen LogP contribution >= 0.6 is 11.8 Å². The van der Waals surface area contributed by atoms with E-state index in [4.69, 9.17) is 0 Å². The Balaban J connectivity index is 1.46. The molecule has 0 unspecified atom stereocenters. The van der Waals surface area contributed by atoms with Crippen molar-refractivity contribution >= 4 is 29.1 Å². The molecule has 1 fully saturated rings. The van der Waals surface area contributed by atoms with Gasteiger partial charge < -0.3 is 5.32 Å². The fourth-order valence-corrected chi connectivity index (χ4v) is 2.96. The third kappa shape index (κ3) is 4.16. The quantitative estimate of drug-likeness (QED) is 0.618. The minimum atomic E-state index is -0.0708. The number of nitrogens with one attached hydrogen (secondary N) is 1. The molecule has 1 N–H and O–H groups in total. The van der Waals surface area contributed by atoms with Crippen molar-refractivity contribution in [1.29, 1.82) is 0 Å². The molecule has 0 aliphatic heterocycles. The number of Topliss-reactive ketones (excluding diaryl/α,β-unsaturated/α-hetero) is 1. The van der Waals surface area contributed by atoms with Gasteiger partial charge in [0.05, 0.1) is 6.04 Å². The van der Waals surface area contributed by atoms with Crippen LogP contribution in [0.3, 0.4) is 0 Å². The number of carbonyl (C=O) groups excluding carboxylic acids is 2. The van der Waals surface area contributed by atoms with Gasteiger partial charge in [0.15, 0.2) is 5.78 Å². The second-order valence-electron chi connectivity index (χ2n) is 5.42. The Morgan fingerprint density at radius 1 is 1.30 bits per heavy atom. The molecule has 0 radical (unpaired) electrons. The van der Waals surface area contributed by atoms with Gasteiger partial charge in [0.25, 0.3) is 0 Å². The zero-order chi connectivity index (χ0) is 16.2. The van der Waals surface area contributed by atoms with E-state index in [9.17, 15) is 9.59 Å². The van der Waals surface area contributed by atoms with Crippen LogP contribution in [-0.4, -0.2) is 37.7 Å². The van der Waals surface area contributed by atoms with Gasteiger partial charge in [-0.05, 0) is 54.5 Å². The Bertz CT molecular complexity index is 709. The summed E-state index contributed by atoms with van der Waals surface area (Å²) in [5, 5.41) is 15.2. The molecular weight excluding hydrogens is 314 g/mol. The summed E-state index contributed by atoms with van der Waals surface area (Å²) in [5.41, 5.74) is 1.32. The van der Waals surface area contributed by atoms with Crippen LogP contribution in [0.4, 0.5) is 5.69 Å². The molecule has 7 nitrogen and oxygen atoms in total. The highest BCUT2D eigenvalue weighted by Crippen LogP contribution is 2.36. The van der Waals surface area contributed by atoms with Crippen molar-refractivity contribution in [3.05, 3.63) is 29.8 Å². The maximum Gasteiger partial charge on any atom is 0.225 e. The zero-order valence-corrected chi connectivity index (χ0v) is 13.5. The average Bonchev–Trinajstić information content (AvgIpc) is 3.27. The van der Waals surface area contributed by atoms with Crippen LogP contribution < -0.4 is 5.32 Å². The van der Waals surface area contributed by atoms with Crippen molar-refractivity contribution in [2.24, 2.45) is 0 Å². The Labute approximate surface area is 137 Å². The van der Waals surface area contributed by atoms with Gasteiger partial charge in [-0.3, -0.25) is 9.59 Å². The smallest absolute Gasteiger partial charge is 0.225 e. The molecule has 0 saturated heterocycles. The van der Waals surface area contributed by atoms with Gasteiger partial charge in [0.1, 0.15) is 0 Å². The number of benzene rings is 1. The van der Waals surface area contributed by atoms with E-state index < -0.39 is 0 Å². The Hall–Kier alpha value is -2.22. The molecule has 120 valence electrons. The van der Waals surface area contributed by atoms with E-state index in [0.29, 0.717) is 29.5 Å². The van der Waals surface area contributed by atoms with Crippen molar-refractivity contribution in [1.82, 2.24) is 20.2 Å². The number of rotatable bonds is 7. The van der Waals surface area contributed by atoms with Crippen molar-refractivity contribution in [2.45, 2.75) is 37.4 Å². The van der Waals surface area contributed by atoms with Crippen molar-refractivity contribution in [3.63, 3.8) is 0 Å². The number of hydrogen-bond acceptors (Lipinski definition) is 6. The van der Waals surface area contributed by atoms with Crippen LogP contribution in [0, 0.1) is 0 Å². The Morgan fingerprint density at radius 3 is 2.70 bits per heavy atom. The van der Waals surface area contributed by atoms with Crippen LogP contribution in [0.1, 0.15) is 42.6 Å². The van der Waals surface area contributed by atoms with Crippen molar-refractivity contribution in [3.8, 4) is 0 Å². The van der Waals surface area contributed by atoms with E-state index in [1.807, 2.05) is 4.68 Å². The van der Waals surface area contributed by atoms with E-state index in [2.05, 4.69) is 20.8 Å². The molecule has 8 heteroatoms. The summed E-state index contributed by atoms with van der Waals surface area (Å²) in [6.07, 6.45) is 2.61. The summed E-state index contributed by atoms with van der Waals surface area (Å²) in [4.78, 5) is 23.1. The second kappa shape index (κ2) is 6.91. The molecular formula is C15H17N5O2S. The zero-order valence-electron chi connectivity index (χ0n) is 12.7. The van der Waals surface area contributed by atoms with Crippen LogP contribution in [0.2, 0.25) is 0 Å². The molecule has 0 bridgehead atoms. The number of nitrogens with zero attached hydrogens (tertiary/aromatic N) is 4. The lowest BCUT2D eigenvalue weighted by Crippen LogP contribution is -2.12. The van der Waals surface area contributed by atoms with Gasteiger partial charge in [-0.15, -0.1) is 5.10 Å². The van der Waals surface area contributed by atoms with Crippen molar-refractivity contribution in [2.75, 3.05) is 11.1 Å². The third-order valence-electron chi connectivity index (χ3n) is 3.49. The normalized spacial score (nSPS) is 13.8. The summed E-state index contributed by atoms with van der Waals surface area (Å²) in [5.74, 6) is 0.552. The van der Waals surface area contributed by atoms with Crippen LogP contribution in [-0.2, 0) is 4.79 Å². The molecule has 1 amide bonds. The lowest BCUT2D eigenvalue weighted by Gasteiger charge is -2.06. The Morgan fingerprint density at radius 2 is 2.04 bits per heavy atom. The van der Waals surface area contributed by atoms with Crippen LogP contribution in [0.5, 0.6) is 0 Å². The highest BCUT2D eigenvalue weighted by Gasteiger charge is 2.27. The van der Waals surface area contributed by atoms with E-state index in [0.717, 1.165) is 18.0 Å². The lowest BCUT2D eigenvalue weighted by molar-refractivity contribution is -0.115. The number of anilines is 1. The number of tetrazole rings is 1. The number of thioether (sulfide) groups is 1. The maximum atomic E-state index is 11.9. The molecule has 1 aromatic carbocycles. The summed E-state index contributed by atoms with van der Waals surface area (Å²) in [6.45, 7) is 1.51. The summed E-state index contributed by atoms with van der Waals surface area (Å²) in [7, 11) is 0. The molecule has 1 aromatic heterocycles. The standard InChI is InChI=1S/C15H17N5O2S/c1-10(21)11-2-4-12(5-3-11)16-14(22)8-9-23-15-17-18-19-20(15)13-6-7-13/h2-5,13H,6-9H2,1H3,(H,16,22). The number of carbonyl (C=O) groups is 2. The molecule has 3 rings (SSSR count). The van der Waals surface area contributed by atoms with Gasteiger partial charge in [0.2, 0.25) is 11.1 Å². The first kappa shape index (κ1) is 15.7. The maximum absolute atomic E-state index is 11.9. The molecule has 1 heterocycles. The average molecular weight is 331 g/mol. The predicted octanol–water partition coefficient (Wildman–Crippen LogP) is 2.33. The fraction of sp³-hybridized carbons (Fsp3) is 0.400. The summed E-state index contributed by atoms with van der Waals surface area (Å²) < 4.78 is 1.84. The molecule has 2 aromatic rings. The van der Waals surface area contributed by atoms with E-state index in [-0.39, 0.29) is 11.7 Å². The number of hydrogen-bond donors (Lipinski definition) is 1. The largest absolute Gasteiger partial charge is 0.326 e. The van der Waals surface area contributed by atoms with Gasteiger partial charge in [-0.25, -0.2) is 4.68 Å². The number of ketones is 1. The first-order valence-corrected chi connectivity index (χ1v) is 8.43. The minimum absolute atomic E-state index is 0.00709.